The normalized spacial score (nSPS) is 14.8. The molecule has 0 spiro atoms. The Kier molecular flexibility index (Phi) is 16.9. The minimum Gasteiger partial charge on any atom is -0.394 e. The van der Waals surface area contributed by atoms with Gasteiger partial charge in [-0.1, -0.05) is 44.2 Å². The van der Waals surface area contributed by atoms with Gasteiger partial charge in [0.15, 0.2) is 0 Å². The Bertz CT molecular complexity index is 1280. The first-order valence-corrected chi connectivity index (χ1v) is 14.8. The van der Waals surface area contributed by atoms with E-state index in [1.54, 1.807) is 50.5 Å². The number of carbonyl (C=O) groups excluding carboxylic acids is 8. The van der Waals surface area contributed by atoms with Crippen LogP contribution in [0.2, 0.25) is 0 Å². The molecule has 0 heterocycles. The maximum absolute atomic E-state index is 13.8. The molecule has 1 rings (SSSR count). The molecule has 0 aliphatic heterocycles. The SMILES string of the molecule is CC(=O)N(C(=O)[C@H](CCC(N)=O)NC(=O)[C@@H](N)CO)[C@@H](CC(N)=O)C(=O)NC(Cc1ccccc1)C(O)CC(=O)N[C@H]([C]=O)C(C)C. The van der Waals surface area contributed by atoms with E-state index in [0.717, 1.165) is 6.92 Å². The fraction of sp³-hybridized carbons (Fsp3) is 0.533. The second-order valence-corrected chi connectivity index (χ2v) is 11.3. The van der Waals surface area contributed by atoms with Crippen LogP contribution in [0.3, 0.4) is 0 Å². The molecule has 2 unspecified atom stereocenters. The summed E-state index contributed by atoms with van der Waals surface area (Å²) in [5.41, 5.74) is 16.7. The van der Waals surface area contributed by atoms with E-state index >= 15 is 0 Å². The number of nitrogens with two attached hydrogens (primary N) is 3. The van der Waals surface area contributed by atoms with Gasteiger partial charge < -0.3 is 43.4 Å². The minimum atomic E-state index is -1.91. The average Bonchev–Trinajstić information content (AvgIpc) is 3.00. The highest BCUT2D eigenvalue weighted by Crippen LogP contribution is 2.15. The Labute approximate surface area is 271 Å². The number of rotatable bonds is 20. The fourth-order valence-electron chi connectivity index (χ4n) is 4.42. The first-order valence-electron chi connectivity index (χ1n) is 14.8. The van der Waals surface area contributed by atoms with Gasteiger partial charge in [0.2, 0.25) is 41.7 Å². The molecule has 0 saturated carbocycles. The monoisotopic (exact) mass is 662 g/mol. The second kappa shape index (κ2) is 19.7. The molecule has 11 N–H and O–H groups in total. The lowest BCUT2D eigenvalue weighted by Gasteiger charge is -2.33. The smallest absolute Gasteiger partial charge is 0.252 e. The number of aliphatic hydroxyl groups is 2. The van der Waals surface area contributed by atoms with E-state index < -0.39 is 110 Å². The summed E-state index contributed by atoms with van der Waals surface area (Å²) >= 11 is 0. The first kappa shape index (κ1) is 40.3. The summed E-state index contributed by atoms with van der Waals surface area (Å²) in [7, 11) is 0. The predicted octanol–water partition coefficient (Wildman–Crippen LogP) is -3.60. The number of nitrogens with one attached hydrogen (secondary N) is 3. The molecule has 0 saturated heterocycles. The molecule has 0 bridgehead atoms. The van der Waals surface area contributed by atoms with Crippen LogP contribution >= 0.6 is 0 Å². The highest BCUT2D eigenvalue weighted by Gasteiger charge is 2.40. The molecule has 6 atom stereocenters. The number of nitrogens with zero attached hydrogens (tertiary/aromatic N) is 1. The van der Waals surface area contributed by atoms with Crippen LogP contribution in [0.5, 0.6) is 0 Å². The summed E-state index contributed by atoms with van der Waals surface area (Å²) in [4.78, 5) is 101. The lowest BCUT2D eigenvalue weighted by Crippen LogP contribution is -2.61. The molecule has 1 radical (unpaired) electrons. The van der Waals surface area contributed by atoms with Crippen molar-refractivity contribution in [2.24, 2.45) is 23.1 Å². The van der Waals surface area contributed by atoms with Crippen molar-refractivity contribution in [3.8, 4) is 0 Å². The Balaban J connectivity index is 3.48. The lowest BCUT2D eigenvalue weighted by molar-refractivity contribution is -0.154. The van der Waals surface area contributed by atoms with Gasteiger partial charge in [0.25, 0.3) is 5.91 Å². The summed E-state index contributed by atoms with van der Waals surface area (Å²) in [5.74, 6) is -7.41. The van der Waals surface area contributed by atoms with Crippen LogP contribution in [-0.2, 0) is 44.8 Å². The molecule has 1 aromatic rings. The van der Waals surface area contributed by atoms with Crippen molar-refractivity contribution < 1.29 is 48.6 Å². The Morgan fingerprint density at radius 1 is 0.915 bits per heavy atom. The molecule has 259 valence electrons. The highest BCUT2D eigenvalue weighted by molar-refractivity contribution is 6.04. The molecule has 0 aromatic heterocycles. The van der Waals surface area contributed by atoms with Crippen LogP contribution in [0, 0.1) is 5.92 Å². The minimum absolute atomic E-state index is 0.0535. The van der Waals surface area contributed by atoms with Crippen molar-refractivity contribution in [2.75, 3.05) is 6.61 Å². The predicted molar refractivity (Wildman–Crippen MR) is 166 cm³/mol. The zero-order valence-corrected chi connectivity index (χ0v) is 26.5. The molecule has 0 fully saturated rings. The van der Waals surface area contributed by atoms with E-state index in [4.69, 9.17) is 17.2 Å². The van der Waals surface area contributed by atoms with Gasteiger partial charge in [-0.3, -0.25) is 43.3 Å². The van der Waals surface area contributed by atoms with E-state index in [2.05, 4.69) is 16.0 Å². The number of carbonyl (C=O) groups is 7. The van der Waals surface area contributed by atoms with Crippen LogP contribution in [-0.4, -0.2) is 106 Å². The van der Waals surface area contributed by atoms with E-state index in [-0.39, 0.29) is 12.3 Å². The number of hydrogen-bond acceptors (Lipinski definition) is 11. The largest absolute Gasteiger partial charge is 0.394 e. The zero-order chi connectivity index (χ0) is 35.8. The highest BCUT2D eigenvalue weighted by atomic mass is 16.3. The van der Waals surface area contributed by atoms with Crippen LogP contribution < -0.4 is 33.2 Å². The van der Waals surface area contributed by atoms with Crippen molar-refractivity contribution in [2.45, 2.75) is 89.2 Å². The Morgan fingerprint density at radius 2 is 1.53 bits per heavy atom. The third-order valence-electron chi connectivity index (χ3n) is 7.01. The number of imide groups is 1. The van der Waals surface area contributed by atoms with Gasteiger partial charge in [-0.15, -0.1) is 0 Å². The van der Waals surface area contributed by atoms with E-state index in [1.165, 1.54) is 0 Å². The van der Waals surface area contributed by atoms with Crippen molar-refractivity contribution >= 4 is 47.6 Å². The van der Waals surface area contributed by atoms with Crippen LogP contribution in [0.25, 0.3) is 0 Å². The summed E-state index contributed by atoms with van der Waals surface area (Å²) in [5, 5.41) is 27.5. The number of primary amides is 2. The second-order valence-electron chi connectivity index (χ2n) is 11.3. The van der Waals surface area contributed by atoms with E-state index in [0.29, 0.717) is 10.5 Å². The number of amides is 7. The third-order valence-corrected chi connectivity index (χ3v) is 7.01. The fourth-order valence-corrected chi connectivity index (χ4v) is 4.42. The number of aliphatic hydroxyl groups excluding tert-OH is 2. The van der Waals surface area contributed by atoms with E-state index in [9.17, 15) is 48.6 Å². The zero-order valence-electron chi connectivity index (χ0n) is 26.5. The molecule has 1 aromatic carbocycles. The molecular weight excluding hydrogens is 618 g/mol. The quantitative estimate of drug-likeness (QED) is 0.0675. The van der Waals surface area contributed by atoms with Crippen molar-refractivity contribution in [1.29, 1.82) is 0 Å². The van der Waals surface area contributed by atoms with Gasteiger partial charge in [-0.25, -0.2) is 0 Å². The topological polar surface area (TPSA) is 294 Å². The summed E-state index contributed by atoms with van der Waals surface area (Å²) in [6.07, 6.45) is -2.27. The first-order chi connectivity index (χ1) is 22.0. The van der Waals surface area contributed by atoms with E-state index in [1.807, 2.05) is 0 Å². The molecule has 17 heteroatoms. The van der Waals surface area contributed by atoms with Crippen molar-refractivity contribution in [1.82, 2.24) is 20.9 Å². The maximum atomic E-state index is 13.8. The molecular formula is C30H44N7O10. The number of hydrogen-bond donors (Lipinski definition) is 8. The van der Waals surface area contributed by atoms with Crippen molar-refractivity contribution in [3.05, 3.63) is 35.9 Å². The molecule has 7 amide bonds. The van der Waals surface area contributed by atoms with Gasteiger partial charge in [0.05, 0.1) is 37.6 Å². The van der Waals surface area contributed by atoms with Gasteiger partial charge in [0.1, 0.15) is 18.1 Å². The summed E-state index contributed by atoms with van der Waals surface area (Å²) in [6.45, 7) is 3.45. The Hall–Kier alpha value is -4.74. The van der Waals surface area contributed by atoms with Crippen LogP contribution in [0.1, 0.15) is 52.0 Å². The molecule has 0 aliphatic carbocycles. The van der Waals surface area contributed by atoms with Gasteiger partial charge >= 0.3 is 0 Å². The molecule has 17 nitrogen and oxygen atoms in total. The number of benzene rings is 1. The lowest BCUT2D eigenvalue weighted by atomic mass is 9.97. The van der Waals surface area contributed by atoms with Crippen molar-refractivity contribution in [3.63, 3.8) is 0 Å². The standard InChI is InChI=1S/C30H44N7O10/c1-16(2)22(15-39)34-27(44)13-24(41)21(11-18-7-5-4-6-8-18)36-29(46)23(12-26(33)43)37(17(3)40)30(47)20(9-10-25(32)42)35-28(45)19(31)14-38/h4-8,16,19-24,38,41H,9-14,31H2,1-3H3,(H2,32,42)(H2,33,43)(H,34,44)(H,35,45)(H,36,46)/t19-,20-,21?,22+,23-,24?/m0/s1. The van der Waals surface area contributed by atoms with Crippen LogP contribution in [0.4, 0.5) is 0 Å². The Morgan fingerprint density at radius 3 is 2.02 bits per heavy atom. The van der Waals surface area contributed by atoms with Crippen LogP contribution in [0.15, 0.2) is 30.3 Å². The summed E-state index contributed by atoms with van der Waals surface area (Å²) in [6, 6.07) is 1.22. The maximum Gasteiger partial charge on any atom is 0.252 e. The molecule has 0 aliphatic rings. The average molecular weight is 663 g/mol. The van der Waals surface area contributed by atoms with Gasteiger partial charge in [-0.05, 0) is 24.3 Å². The third kappa shape index (κ3) is 13.6. The molecule has 47 heavy (non-hydrogen) atoms. The van der Waals surface area contributed by atoms with Gasteiger partial charge in [0, 0.05) is 13.3 Å². The van der Waals surface area contributed by atoms with Gasteiger partial charge in [-0.2, -0.15) is 0 Å². The summed E-state index contributed by atoms with van der Waals surface area (Å²) < 4.78 is 0.